The van der Waals surface area contributed by atoms with E-state index in [9.17, 15) is 25.2 Å². The Balaban J connectivity index is 1.54. The average molecular weight is 446 g/mol. The van der Waals surface area contributed by atoms with Crippen LogP contribution < -0.4 is 19.6 Å². The molecule has 4 rings (SSSR count). The molecule has 0 amide bonds. The van der Waals surface area contributed by atoms with Crippen molar-refractivity contribution in [3.05, 3.63) is 59.0 Å². The number of benzene rings is 2. The van der Waals surface area contributed by atoms with E-state index >= 15 is 0 Å². The van der Waals surface area contributed by atoms with Gasteiger partial charge in [-0.3, -0.25) is 4.79 Å². The summed E-state index contributed by atoms with van der Waals surface area (Å²) in [5.41, 5.74) is -0.208. The van der Waals surface area contributed by atoms with Crippen LogP contribution in [-0.4, -0.2) is 64.8 Å². The maximum Gasteiger partial charge on any atom is 0.235 e. The number of rotatable bonds is 6. The van der Waals surface area contributed by atoms with Gasteiger partial charge in [-0.2, -0.15) is 0 Å². The van der Waals surface area contributed by atoms with Gasteiger partial charge < -0.3 is 43.8 Å². The molecule has 5 atom stereocenters. The number of ether oxygens (including phenoxy) is 4. The van der Waals surface area contributed by atoms with E-state index in [1.54, 1.807) is 31.4 Å². The Kier molecular flexibility index (Phi) is 6.31. The van der Waals surface area contributed by atoms with E-state index in [1.165, 1.54) is 24.5 Å². The highest BCUT2D eigenvalue weighted by Gasteiger charge is 2.44. The van der Waals surface area contributed by atoms with Gasteiger partial charge in [0.2, 0.25) is 17.5 Å². The lowest BCUT2D eigenvalue weighted by molar-refractivity contribution is -0.277. The molecule has 0 aliphatic carbocycles. The predicted molar refractivity (Wildman–Crippen MR) is 110 cm³/mol. The third-order valence-electron chi connectivity index (χ3n) is 5.10. The molecule has 1 aromatic heterocycles. The Morgan fingerprint density at radius 3 is 2.31 bits per heavy atom. The SMILES string of the molecule is COc1ccc(Oc2coc3cc(O[C@@H]4O[C@@H](CO)[C@H](O)[C@@H](O)[C@@H]4O)ccc3c2=O)cc1. The topological polar surface area (TPSA) is 148 Å². The molecule has 10 heteroatoms. The van der Waals surface area contributed by atoms with E-state index in [4.69, 9.17) is 23.4 Å². The number of hydrogen-bond donors (Lipinski definition) is 4. The van der Waals surface area contributed by atoms with Crippen molar-refractivity contribution in [3.8, 4) is 23.0 Å². The van der Waals surface area contributed by atoms with Gasteiger partial charge in [0.25, 0.3) is 0 Å². The first-order valence-electron chi connectivity index (χ1n) is 9.76. The van der Waals surface area contributed by atoms with Gasteiger partial charge in [-0.1, -0.05) is 0 Å². The first-order valence-corrected chi connectivity index (χ1v) is 9.76. The number of hydrogen-bond acceptors (Lipinski definition) is 10. The zero-order chi connectivity index (χ0) is 22.8. The van der Waals surface area contributed by atoms with Crippen LogP contribution >= 0.6 is 0 Å². The molecule has 0 saturated carbocycles. The largest absolute Gasteiger partial charge is 0.497 e. The molecule has 1 fully saturated rings. The van der Waals surface area contributed by atoms with Crippen molar-refractivity contribution in [3.63, 3.8) is 0 Å². The molecule has 0 radical (unpaired) electrons. The highest BCUT2D eigenvalue weighted by molar-refractivity contribution is 5.79. The molecular formula is C22H22O10. The van der Waals surface area contributed by atoms with Gasteiger partial charge in [0.05, 0.1) is 19.1 Å². The second-order valence-electron chi connectivity index (χ2n) is 7.18. The number of aliphatic hydroxyl groups excluding tert-OH is 4. The van der Waals surface area contributed by atoms with Gasteiger partial charge in [-0.15, -0.1) is 0 Å². The summed E-state index contributed by atoms with van der Waals surface area (Å²) in [7, 11) is 1.54. The molecule has 4 N–H and O–H groups in total. The van der Waals surface area contributed by atoms with E-state index in [0.29, 0.717) is 11.5 Å². The van der Waals surface area contributed by atoms with Crippen molar-refractivity contribution in [2.75, 3.05) is 13.7 Å². The standard InChI is InChI=1S/C22H22O10/c1-28-11-2-4-12(5-3-11)30-17-10-29-15-8-13(6-7-14(15)18(17)24)31-22-21(27)20(26)19(25)16(9-23)32-22/h2-8,10,16,19-23,25-27H,9H2,1H3/t16-,19-,20+,21-,22+/m0/s1. The van der Waals surface area contributed by atoms with Crippen molar-refractivity contribution >= 4 is 11.0 Å². The fourth-order valence-electron chi connectivity index (χ4n) is 3.30. The van der Waals surface area contributed by atoms with Crippen LogP contribution in [0.5, 0.6) is 23.0 Å². The lowest BCUT2D eigenvalue weighted by Crippen LogP contribution is -2.60. The van der Waals surface area contributed by atoms with Gasteiger partial charge in [0.15, 0.2) is 0 Å². The molecule has 1 aliphatic rings. The zero-order valence-electron chi connectivity index (χ0n) is 17.0. The van der Waals surface area contributed by atoms with Crippen molar-refractivity contribution in [2.45, 2.75) is 30.7 Å². The highest BCUT2D eigenvalue weighted by Crippen LogP contribution is 2.28. The summed E-state index contributed by atoms with van der Waals surface area (Å²) >= 11 is 0. The Hall–Kier alpha value is -3.15. The third kappa shape index (κ3) is 4.27. The maximum absolute atomic E-state index is 12.8. The van der Waals surface area contributed by atoms with Gasteiger partial charge in [0.1, 0.15) is 53.5 Å². The molecule has 2 aromatic carbocycles. The maximum atomic E-state index is 12.8. The minimum atomic E-state index is -1.57. The molecular weight excluding hydrogens is 424 g/mol. The summed E-state index contributed by atoms with van der Waals surface area (Å²) in [5.74, 6) is 1.24. The van der Waals surface area contributed by atoms with Crippen LogP contribution in [0.2, 0.25) is 0 Å². The first-order chi connectivity index (χ1) is 15.4. The minimum Gasteiger partial charge on any atom is -0.497 e. The average Bonchev–Trinajstić information content (AvgIpc) is 2.81. The highest BCUT2D eigenvalue weighted by atomic mass is 16.7. The van der Waals surface area contributed by atoms with Gasteiger partial charge in [0, 0.05) is 6.07 Å². The van der Waals surface area contributed by atoms with Crippen LogP contribution in [0, 0.1) is 0 Å². The predicted octanol–water partition coefficient (Wildman–Crippen LogP) is 0.773. The Morgan fingerprint density at radius 1 is 0.938 bits per heavy atom. The van der Waals surface area contributed by atoms with Crippen LogP contribution in [0.25, 0.3) is 11.0 Å². The summed E-state index contributed by atoms with van der Waals surface area (Å²) in [4.78, 5) is 12.8. The number of fused-ring (bicyclic) bond motifs is 1. The monoisotopic (exact) mass is 446 g/mol. The normalized spacial score (nSPS) is 25.5. The van der Waals surface area contributed by atoms with Crippen molar-refractivity contribution in [1.82, 2.24) is 0 Å². The van der Waals surface area contributed by atoms with E-state index in [1.807, 2.05) is 0 Å². The zero-order valence-corrected chi connectivity index (χ0v) is 17.0. The molecule has 0 bridgehead atoms. The minimum absolute atomic E-state index is 0.00901. The molecule has 2 heterocycles. The van der Waals surface area contributed by atoms with E-state index in [2.05, 4.69) is 0 Å². The number of methoxy groups -OCH3 is 1. The Labute approximate surface area is 181 Å². The van der Waals surface area contributed by atoms with Crippen LogP contribution in [0.15, 0.2) is 57.9 Å². The van der Waals surface area contributed by atoms with Gasteiger partial charge in [-0.25, -0.2) is 0 Å². The van der Waals surface area contributed by atoms with Crippen molar-refractivity contribution < 1.29 is 43.8 Å². The van der Waals surface area contributed by atoms with Crippen molar-refractivity contribution in [2.24, 2.45) is 0 Å². The van der Waals surface area contributed by atoms with Gasteiger partial charge >= 0.3 is 0 Å². The molecule has 10 nitrogen and oxygen atoms in total. The molecule has 0 spiro atoms. The fourth-order valence-corrected chi connectivity index (χ4v) is 3.30. The quantitative estimate of drug-likeness (QED) is 0.428. The van der Waals surface area contributed by atoms with E-state index in [0.717, 1.165) is 0 Å². The smallest absolute Gasteiger partial charge is 0.235 e. The van der Waals surface area contributed by atoms with Crippen LogP contribution in [0.4, 0.5) is 0 Å². The Bertz CT molecular complexity index is 1120. The summed E-state index contributed by atoms with van der Waals surface area (Å²) in [5, 5.41) is 39.4. The van der Waals surface area contributed by atoms with Crippen LogP contribution in [0.3, 0.4) is 0 Å². The van der Waals surface area contributed by atoms with Gasteiger partial charge in [-0.05, 0) is 36.4 Å². The lowest BCUT2D eigenvalue weighted by atomic mass is 9.99. The Morgan fingerprint density at radius 2 is 1.62 bits per heavy atom. The molecule has 0 unspecified atom stereocenters. The van der Waals surface area contributed by atoms with E-state index in [-0.39, 0.29) is 22.5 Å². The van der Waals surface area contributed by atoms with Crippen molar-refractivity contribution in [1.29, 1.82) is 0 Å². The summed E-state index contributed by atoms with van der Waals surface area (Å²) in [6, 6.07) is 11.0. The first kappa shape index (κ1) is 22.1. The second kappa shape index (κ2) is 9.15. The summed E-state index contributed by atoms with van der Waals surface area (Å²) in [6.07, 6.45) is -5.90. The molecule has 32 heavy (non-hydrogen) atoms. The summed E-state index contributed by atoms with van der Waals surface area (Å²) < 4.78 is 27.1. The molecule has 1 saturated heterocycles. The number of aliphatic hydroxyl groups is 4. The van der Waals surface area contributed by atoms with Crippen LogP contribution in [0.1, 0.15) is 0 Å². The van der Waals surface area contributed by atoms with Crippen LogP contribution in [-0.2, 0) is 4.74 Å². The fraction of sp³-hybridized carbons (Fsp3) is 0.318. The second-order valence-corrected chi connectivity index (χ2v) is 7.18. The van der Waals surface area contributed by atoms with E-state index < -0.39 is 42.7 Å². The summed E-state index contributed by atoms with van der Waals surface area (Å²) in [6.45, 7) is -0.575. The molecule has 170 valence electrons. The lowest BCUT2D eigenvalue weighted by Gasteiger charge is -2.39. The molecule has 3 aromatic rings. The third-order valence-corrected chi connectivity index (χ3v) is 5.10. The molecule has 1 aliphatic heterocycles.